The molecular formula is C27H27F6N3O3. The number of alkyl halides is 6. The summed E-state index contributed by atoms with van der Waals surface area (Å²) in [5.74, 6) is -0.217. The normalized spacial score (nSPS) is 23.0. The Labute approximate surface area is 220 Å². The molecule has 1 aliphatic carbocycles. The highest BCUT2D eigenvalue weighted by molar-refractivity contribution is 5.84. The quantitative estimate of drug-likeness (QED) is 0.353. The van der Waals surface area contributed by atoms with E-state index < -0.39 is 46.2 Å². The van der Waals surface area contributed by atoms with Crippen LogP contribution in [0.25, 0.3) is 0 Å². The zero-order valence-electron chi connectivity index (χ0n) is 21.2. The predicted molar refractivity (Wildman–Crippen MR) is 129 cm³/mol. The number of nitrogens with one attached hydrogen (secondary N) is 1. The molecule has 0 unspecified atom stereocenters. The number of rotatable bonds is 7. The van der Waals surface area contributed by atoms with Crippen molar-refractivity contribution in [3.63, 3.8) is 0 Å². The smallest absolute Gasteiger partial charge is 0.373 e. The minimum Gasteiger partial charge on any atom is -0.373 e. The molecule has 1 atom stereocenters. The van der Waals surface area contributed by atoms with Crippen LogP contribution in [0.2, 0.25) is 0 Å². The fraction of sp³-hybridized carbons (Fsp3) is 0.444. The number of benzene rings is 2. The molecule has 6 nitrogen and oxygen atoms in total. The molecule has 0 bridgehead atoms. The number of H-pyrrole nitrogens is 1. The summed E-state index contributed by atoms with van der Waals surface area (Å²) in [6.07, 6.45) is -8.48. The largest absolute Gasteiger partial charge is 0.416 e. The second-order valence-corrected chi connectivity index (χ2v) is 10.1. The van der Waals surface area contributed by atoms with E-state index in [4.69, 9.17) is 4.74 Å². The van der Waals surface area contributed by atoms with Gasteiger partial charge in [-0.3, -0.25) is 9.36 Å². The first-order valence-electron chi connectivity index (χ1n) is 12.3. The lowest BCUT2D eigenvalue weighted by Gasteiger charge is -2.46. The number of aromatic nitrogens is 3. The standard InChI is InChI=1S/C27H27F6N3O3/c1-17(19-12-21(26(28,29)30)14-22(13-19)27(31,32)33)39-15-24(20-6-4-3-5-7-20)8-10-25(11-9-24,18(2)37)36-16-34-35-23(36)38/h3-7,12-14,16-17H,8-11,15H2,1-2H3,(H,35,38)/t17-,24?,25?/m1/s1. The van der Waals surface area contributed by atoms with Crippen molar-refractivity contribution < 1.29 is 35.9 Å². The molecule has 1 heterocycles. The highest BCUT2D eigenvalue weighted by atomic mass is 19.4. The molecule has 0 amide bonds. The van der Waals surface area contributed by atoms with Gasteiger partial charge >= 0.3 is 18.0 Å². The van der Waals surface area contributed by atoms with E-state index >= 15 is 0 Å². The van der Waals surface area contributed by atoms with Gasteiger partial charge in [0.05, 0.1) is 23.8 Å². The Morgan fingerprint density at radius 3 is 2.03 bits per heavy atom. The van der Waals surface area contributed by atoms with E-state index in [1.807, 2.05) is 30.3 Å². The molecule has 39 heavy (non-hydrogen) atoms. The summed E-state index contributed by atoms with van der Waals surface area (Å²) < 4.78 is 87.5. The van der Waals surface area contributed by atoms with Crippen molar-refractivity contribution in [2.24, 2.45) is 0 Å². The van der Waals surface area contributed by atoms with Crippen LogP contribution in [0.3, 0.4) is 0 Å². The summed E-state index contributed by atoms with van der Waals surface area (Å²) in [6, 6.07) is 10.6. The molecule has 0 radical (unpaired) electrons. The number of ether oxygens (including phenoxy) is 1. The van der Waals surface area contributed by atoms with Gasteiger partial charge in [0.15, 0.2) is 5.78 Å². The van der Waals surface area contributed by atoms with Crippen LogP contribution in [0.4, 0.5) is 26.3 Å². The van der Waals surface area contributed by atoms with E-state index in [-0.39, 0.29) is 36.9 Å². The fourth-order valence-corrected chi connectivity index (χ4v) is 5.36. The number of hydrogen-bond acceptors (Lipinski definition) is 4. The van der Waals surface area contributed by atoms with Crippen LogP contribution in [0.5, 0.6) is 0 Å². The molecule has 0 spiro atoms. The third-order valence-electron chi connectivity index (χ3n) is 7.78. The number of carbonyl (C=O) groups excluding carboxylic acids is 1. The van der Waals surface area contributed by atoms with Crippen molar-refractivity contribution in [3.05, 3.63) is 87.6 Å². The van der Waals surface area contributed by atoms with Gasteiger partial charge in [-0.2, -0.15) is 31.4 Å². The molecule has 1 N–H and O–H groups in total. The van der Waals surface area contributed by atoms with Crippen LogP contribution < -0.4 is 5.69 Å². The molecule has 1 saturated carbocycles. The topological polar surface area (TPSA) is 77.0 Å². The summed E-state index contributed by atoms with van der Waals surface area (Å²) in [5.41, 5.74) is -4.56. The molecule has 4 rings (SSSR count). The zero-order chi connectivity index (χ0) is 28.6. The summed E-state index contributed by atoms with van der Waals surface area (Å²) in [7, 11) is 0. The van der Waals surface area contributed by atoms with E-state index in [0.29, 0.717) is 25.0 Å². The zero-order valence-corrected chi connectivity index (χ0v) is 21.2. The minimum atomic E-state index is -4.97. The third kappa shape index (κ3) is 5.66. The van der Waals surface area contributed by atoms with Gasteiger partial charge in [0.25, 0.3) is 0 Å². The highest BCUT2D eigenvalue weighted by Crippen LogP contribution is 2.47. The molecule has 1 fully saturated rings. The third-order valence-corrected chi connectivity index (χ3v) is 7.78. The average molecular weight is 556 g/mol. The van der Waals surface area contributed by atoms with E-state index in [0.717, 1.165) is 5.56 Å². The lowest BCUT2D eigenvalue weighted by Crippen LogP contribution is -2.51. The van der Waals surface area contributed by atoms with Crippen LogP contribution in [0.1, 0.15) is 67.9 Å². The first-order valence-corrected chi connectivity index (χ1v) is 12.3. The van der Waals surface area contributed by atoms with Crippen molar-refractivity contribution in [3.8, 4) is 0 Å². The number of ketones is 1. The van der Waals surface area contributed by atoms with Crippen molar-refractivity contribution in [2.45, 2.75) is 68.9 Å². The Hall–Kier alpha value is -3.41. The van der Waals surface area contributed by atoms with Gasteiger partial charge in [0.1, 0.15) is 11.9 Å². The van der Waals surface area contributed by atoms with Gasteiger partial charge in [0.2, 0.25) is 0 Å². The molecule has 1 aliphatic rings. The van der Waals surface area contributed by atoms with Gasteiger partial charge in [0, 0.05) is 5.41 Å². The van der Waals surface area contributed by atoms with Crippen LogP contribution >= 0.6 is 0 Å². The minimum absolute atomic E-state index is 0.0238. The Bertz CT molecular complexity index is 1340. The lowest BCUT2D eigenvalue weighted by molar-refractivity contribution is -0.143. The predicted octanol–water partition coefficient (Wildman–Crippen LogP) is 6.18. The highest BCUT2D eigenvalue weighted by Gasteiger charge is 2.48. The summed E-state index contributed by atoms with van der Waals surface area (Å²) in [5, 5.41) is 6.06. The van der Waals surface area contributed by atoms with E-state index in [9.17, 15) is 35.9 Å². The molecular weight excluding hydrogens is 528 g/mol. The first kappa shape index (κ1) is 28.6. The Balaban J connectivity index is 1.64. The number of halogens is 6. The second kappa shape index (κ2) is 10.3. The Morgan fingerprint density at radius 1 is 1.00 bits per heavy atom. The molecule has 0 saturated heterocycles. The first-order chi connectivity index (χ1) is 18.2. The van der Waals surface area contributed by atoms with Gasteiger partial charge in [-0.15, -0.1) is 0 Å². The SMILES string of the molecule is CC(=O)C1(n2cn[nH]c2=O)CCC(CO[C@H](C)c2cc(C(F)(F)F)cc(C(F)(F)F)c2)(c2ccccc2)CC1. The summed E-state index contributed by atoms with van der Waals surface area (Å²) >= 11 is 0. The number of carbonyl (C=O) groups is 1. The number of aromatic amines is 1. The number of Topliss-reactive ketones (excluding diaryl/α,β-unsaturated/α-hetero) is 1. The Kier molecular flexibility index (Phi) is 7.54. The molecule has 0 aliphatic heterocycles. The van der Waals surface area contributed by atoms with Crippen molar-refractivity contribution >= 4 is 5.78 Å². The van der Waals surface area contributed by atoms with Crippen LogP contribution in [0, 0.1) is 0 Å². The van der Waals surface area contributed by atoms with E-state index in [2.05, 4.69) is 10.2 Å². The second-order valence-electron chi connectivity index (χ2n) is 10.1. The van der Waals surface area contributed by atoms with E-state index in [1.54, 1.807) is 0 Å². The van der Waals surface area contributed by atoms with Gasteiger partial charge in [-0.25, -0.2) is 9.89 Å². The van der Waals surface area contributed by atoms with Crippen LogP contribution in [0.15, 0.2) is 59.7 Å². The van der Waals surface area contributed by atoms with Crippen LogP contribution in [-0.2, 0) is 32.8 Å². The monoisotopic (exact) mass is 555 g/mol. The molecule has 1 aromatic heterocycles. The summed E-state index contributed by atoms with van der Waals surface area (Å²) in [6.45, 7) is 2.78. The van der Waals surface area contributed by atoms with Gasteiger partial charge < -0.3 is 4.74 Å². The maximum absolute atomic E-state index is 13.4. The van der Waals surface area contributed by atoms with Crippen molar-refractivity contribution in [1.82, 2.24) is 14.8 Å². The van der Waals surface area contributed by atoms with Gasteiger partial charge in [-0.05, 0) is 68.9 Å². The maximum Gasteiger partial charge on any atom is 0.416 e. The maximum atomic E-state index is 13.4. The Morgan fingerprint density at radius 2 is 1.56 bits per heavy atom. The van der Waals surface area contributed by atoms with E-state index in [1.165, 1.54) is 24.7 Å². The average Bonchev–Trinajstić information content (AvgIpc) is 3.33. The van der Waals surface area contributed by atoms with Crippen molar-refractivity contribution in [2.75, 3.05) is 6.61 Å². The number of nitrogens with zero attached hydrogens (tertiary/aromatic N) is 2. The lowest BCUT2D eigenvalue weighted by atomic mass is 9.63. The van der Waals surface area contributed by atoms with Gasteiger partial charge in [-0.1, -0.05) is 30.3 Å². The molecule has 3 aromatic rings. The molecule has 12 heteroatoms. The van der Waals surface area contributed by atoms with Crippen molar-refractivity contribution in [1.29, 1.82) is 0 Å². The van der Waals surface area contributed by atoms with Crippen LogP contribution in [-0.4, -0.2) is 27.2 Å². The molecule has 2 aromatic carbocycles. The summed E-state index contributed by atoms with van der Waals surface area (Å²) in [4.78, 5) is 25.1. The fourth-order valence-electron chi connectivity index (χ4n) is 5.36. The molecule has 210 valence electrons. The number of hydrogen-bond donors (Lipinski definition) is 1.